The Morgan fingerprint density at radius 1 is 0.929 bits per heavy atom. The molecule has 0 radical (unpaired) electrons. The third-order valence-corrected chi connectivity index (χ3v) is 4.29. The number of thioether (sulfide) groups is 2. The Bertz CT molecular complexity index is 204. The van der Waals surface area contributed by atoms with Crippen molar-refractivity contribution >= 4 is 34.6 Å². The molecule has 0 saturated carbocycles. The molecule has 0 aromatic carbocycles. The predicted molar refractivity (Wildman–Crippen MR) is 67.9 cm³/mol. The number of unbranched alkanes of at least 4 members (excludes halogenated alkanes) is 1. The quantitative estimate of drug-likeness (QED) is 0.676. The smallest absolute Gasteiger partial charge is 0.0600 e. The summed E-state index contributed by atoms with van der Waals surface area (Å²) in [5.41, 5.74) is 4.01. The van der Waals surface area contributed by atoms with E-state index in [2.05, 4.69) is 9.98 Å². The SMILES string of the molecule is C1=NC(CCCCC2CSC=N2)CS1. The van der Waals surface area contributed by atoms with Crippen molar-refractivity contribution in [2.75, 3.05) is 11.5 Å². The van der Waals surface area contributed by atoms with Gasteiger partial charge in [-0.3, -0.25) is 9.98 Å². The van der Waals surface area contributed by atoms with E-state index in [1.165, 1.54) is 37.2 Å². The van der Waals surface area contributed by atoms with Gasteiger partial charge in [0.25, 0.3) is 0 Å². The third kappa shape index (κ3) is 3.31. The molecule has 0 saturated heterocycles. The van der Waals surface area contributed by atoms with E-state index in [0.717, 1.165) is 0 Å². The van der Waals surface area contributed by atoms with Crippen molar-refractivity contribution < 1.29 is 0 Å². The van der Waals surface area contributed by atoms with Crippen LogP contribution >= 0.6 is 23.5 Å². The molecule has 2 aliphatic rings. The van der Waals surface area contributed by atoms with Gasteiger partial charge in [-0.1, -0.05) is 12.8 Å². The van der Waals surface area contributed by atoms with Gasteiger partial charge in [-0.25, -0.2) is 0 Å². The van der Waals surface area contributed by atoms with Crippen LogP contribution < -0.4 is 0 Å². The van der Waals surface area contributed by atoms with E-state index in [0.29, 0.717) is 12.1 Å². The first kappa shape index (κ1) is 10.6. The molecular weight excluding hydrogens is 212 g/mol. The maximum Gasteiger partial charge on any atom is 0.0600 e. The second-order valence-corrected chi connectivity index (χ2v) is 5.52. The molecule has 2 atom stereocenters. The molecule has 2 unspecified atom stereocenters. The molecule has 0 aromatic rings. The second kappa shape index (κ2) is 5.81. The zero-order valence-electron chi connectivity index (χ0n) is 8.26. The van der Waals surface area contributed by atoms with Crippen LogP contribution in [0.5, 0.6) is 0 Å². The average Bonchev–Trinajstić information content (AvgIpc) is 2.86. The van der Waals surface area contributed by atoms with E-state index in [9.17, 15) is 0 Å². The lowest BCUT2D eigenvalue weighted by Gasteiger charge is -2.07. The van der Waals surface area contributed by atoms with Crippen molar-refractivity contribution in [3.05, 3.63) is 0 Å². The molecule has 0 fully saturated rings. The Labute approximate surface area is 94.0 Å². The molecule has 0 N–H and O–H groups in total. The van der Waals surface area contributed by atoms with E-state index in [4.69, 9.17) is 0 Å². The van der Waals surface area contributed by atoms with Gasteiger partial charge in [0, 0.05) is 11.5 Å². The zero-order valence-corrected chi connectivity index (χ0v) is 9.90. The summed E-state index contributed by atoms with van der Waals surface area (Å²) in [5.74, 6) is 2.41. The molecule has 0 aliphatic carbocycles. The van der Waals surface area contributed by atoms with Crippen molar-refractivity contribution in [2.45, 2.75) is 37.8 Å². The van der Waals surface area contributed by atoms with Crippen LogP contribution in [0.4, 0.5) is 0 Å². The molecule has 0 bridgehead atoms. The van der Waals surface area contributed by atoms with Crippen molar-refractivity contribution in [2.24, 2.45) is 9.98 Å². The summed E-state index contributed by atoms with van der Waals surface area (Å²) >= 11 is 3.69. The van der Waals surface area contributed by atoms with Crippen LogP contribution in [-0.2, 0) is 0 Å². The van der Waals surface area contributed by atoms with E-state index in [1.807, 2.05) is 34.6 Å². The zero-order chi connectivity index (χ0) is 9.64. The molecule has 0 amide bonds. The highest BCUT2D eigenvalue weighted by Gasteiger charge is 2.12. The Morgan fingerprint density at radius 3 is 1.79 bits per heavy atom. The minimum Gasteiger partial charge on any atom is -0.282 e. The highest BCUT2D eigenvalue weighted by Crippen LogP contribution is 2.20. The van der Waals surface area contributed by atoms with Gasteiger partial charge in [0.15, 0.2) is 0 Å². The molecular formula is C10H16N2S2. The largest absolute Gasteiger partial charge is 0.282 e. The first-order valence-electron chi connectivity index (χ1n) is 5.21. The van der Waals surface area contributed by atoms with Crippen LogP contribution in [0.2, 0.25) is 0 Å². The van der Waals surface area contributed by atoms with E-state index < -0.39 is 0 Å². The Hall–Kier alpha value is 0.0400. The average molecular weight is 228 g/mol. The van der Waals surface area contributed by atoms with Crippen molar-refractivity contribution in [1.82, 2.24) is 0 Å². The summed E-state index contributed by atoms with van der Waals surface area (Å²) in [6, 6.07) is 1.22. The molecule has 2 nitrogen and oxygen atoms in total. The minimum absolute atomic E-state index is 0.612. The topological polar surface area (TPSA) is 24.7 Å². The highest BCUT2D eigenvalue weighted by molar-refractivity contribution is 8.12. The van der Waals surface area contributed by atoms with Crippen LogP contribution in [0.25, 0.3) is 0 Å². The number of aliphatic imine (C=N–C) groups is 2. The van der Waals surface area contributed by atoms with Crippen LogP contribution in [0.1, 0.15) is 25.7 Å². The maximum atomic E-state index is 4.41. The number of hydrogen-bond donors (Lipinski definition) is 0. The van der Waals surface area contributed by atoms with E-state index in [-0.39, 0.29) is 0 Å². The molecule has 78 valence electrons. The monoisotopic (exact) mass is 228 g/mol. The Balaban J connectivity index is 1.50. The molecule has 2 rings (SSSR count). The summed E-state index contributed by atoms with van der Waals surface area (Å²) in [4.78, 5) is 8.82. The fraction of sp³-hybridized carbons (Fsp3) is 0.800. The molecule has 2 heterocycles. The van der Waals surface area contributed by atoms with Crippen LogP contribution in [0.3, 0.4) is 0 Å². The first-order chi connectivity index (χ1) is 6.95. The fourth-order valence-corrected chi connectivity index (χ4v) is 3.37. The van der Waals surface area contributed by atoms with E-state index >= 15 is 0 Å². The third-order valence-electron chi connectivity index (χ3n) is 2.59. The highest BCUT2D eigenvalue weighted by atomic mass is 32.2. The van der Waals surface area contributed by atoms with Crippen LogP contribution in [-0.4, -0.2) is 34.7 Å². The van der Waals surface area contributed by atoms with Crippen molar-refractivity contribution in [3.8, 4) is 0 Å². The lowest BCUT2D eigenvalue weighted by Crippen LogP contribution is -2.06. The van der Waals surface area contributed by atoms with Gasteiger partial charge in [0.05, 0.1) is 23.2 Å². The van der Waals surface area contributed by atoms with Gasteiger partial charge in [-0.05, 0) is 12.8 Å². The van der Waals surface area contributed by atoms with Gasteiger partial charge in [-0.2, -0.15) is 0 Å². The first-order valence-corrected chi connectivity index (χ1v) is 7.31. The van der Waals surface area contributed by atoms with E-state index in [1.54, 1.807) is 0 Å². The Kier molecular flexibility index (Phi) is 4.38. The van der Waals surface area contributed by atoms with Gasteiger partial charge >= 0.3 is 0 Å². The normalized spacial score (nSPS) is 30.3. The summed E-state index contributed by atoms with van der Waals surface area (Å²) < 4.78 is 0. The molecule has 0 aromatic heterocycles. The predicted octanol–water partition coefficient (Wildman–Crippen LogP) is 2.83. The number of nitrogens with zero attached hydrogens (tertiary/aromatic N) is 2. The second-order valence-electron chi connectivity index (χ2n) is 3.77. The number of rotatable bonds is 5. The van der Waals surface area contributed by atoms with Gasteiger partial charge in [0.1, 0.15) is 0 Å². The summed E-state index contributed by atoms with van der Waals surface area (Å²) in [5, 5.41) is 0. The fourth-order valence-electron chi connectivity index (χ4n) is 1.73. The molecule has 4 heteroatoms. The van der Waals surface area contributed by atoms with Crippen LogP contribution in [0, 0.1) is 0 Å². The van der Waals surface area contributed by atoms with Crippen molar-refractivity contribution in [3.63, 3.8) is 0 Å². The molecule has 14 heavy (non-hydrogen) atoms. The molecule has 0 spiro atoms. The van der Waals surface area contributed by atoms with Gasteiger partial charge < -0.3 is 0 Å². The standard InChI is InChI=1S/C10H16N2S2/c1(3-9-5-13-7-11-9)2-4-10-6-14-8-12-10/h7-10H,1-6H2. The summed E-state index contributed by atoms with van der Waals surface area (Å²) in [6.45, 7) is 0. The van der Waals surface area contributed by atoms with Crippen molar-refractivity contribution in [1.29, 1.82) is 0 Å². The van der Waals surface area contributed by atoms with Gasteiger partial charge in [0.2, 0.25) is 0 Å². The Morgan fingerprint density at radius 2 is 1.43 bits per heavy atom. The lowest BCUT2D eigenvalue weighted by atomic mass is 10.1. The summed E-state index contributed by atoms with van der Waals surface area (Å²) in [7, 11) is 0. The lowest BCUT2D eigenvalue weighted by molar-refractivity contribution is 0.559. The number of hydrogen-bond acceptors (Lipinski definition) is 4. The van der Waals surface area contributed by atoms with Crippen LogP contribution in [0.15, 0.2) is 9.98 Å². The summed E-state index contributed by atoms with van der Waals surface area (Å²) in [6.07, 6.45) is 5.18. The van der Waals surface area contributed by atoms with Gasteiger partial charge in [-0.15, -0.1) is 23.5 Å². The molecule has 2 aliphatic heterocycles. The maximum absolute atomic E-state index is 4.41. The minimum atomic E-state index is 0.612.